The second-order valence-corrected chi connectivity index (χ2v) is 12.9. The van der Waals surface area contributed by atoms with Gasteiger partial charge in [-0.15, -0.1) is 11.3 Å². The SMILES string of the molecule is CN(C(=O)[C@@H](NS(=O)(=O)c1ccc2scnc2c1)C(c1ccc(C#N)cc1)c1ccc(/C(N)=N/N)cc1)C1CCCC1. The molecule has 5 N–H and O–H groups in total. The number of sulfonamides is 1. The monoisotopic (exact) mass is 601 g/mol. The minimum absolute atomic E-state index is 0.0143. The van der Waals surface area contributed by atoms with Gasteiger partial charge in [0.25, 0.3) is 0 Å². The molecule has 216 valence electrons. The molecule has 5 rings (SSSR count). The van der Waals surface area contributed by atoms with E-state index in [1.807, 2.05) is 0 Å². The molecule has 42 heavy (non-hydrogen) atoms. The molecule has 0 bridgehead atoms. The fourth-order valence-corrected chi connectivity index (χ4v) is 7.35. The summed E-state index contributed by atoms with van der Waals surface area (Å²) in [5, 5.41) is 12.9. The number of hydrazone groups is 1. The molecule has 12 heteroatoms. The molecule has 0 spiro atoms. The number of aromatic nitrogens is 1. The Morgan fingerprint density at radius 1 is 1.10 bits per heavy atom. The predicted octanol–water partition coefficient (Wildman–Crippen LogP) is 3.63. The highest BCUT2D eigenvalue weighted by atomic mass is 32.2. The van der Waals surface area contributed by atoms with Crippen molar-refractivity contribution in [2.24, 2.45) is 16.7 Å². The Bertz CT molecular complexity index is 1760. The Morgan fingerprint density at radius 2 is 1.74 bits per heavy atom. The number of benzene rings is 3. The molecule has 1 aliphatic carbocycles. The first-order chi connectivity index (χ1) is 20.2. The van der Waals surface area contributed by atoms with Crippen LogP contribution in [0.2, 0.25) is 0 Å². The van der Waals surface area contributed by atoms with Gasteiger partial charge in [0.15, 0.2) is 0 Å². The van der Waals surface area contributed by atoms with Gasteiger partial charge in [0.1, 0.15) is 11.9 Å². The molecule has 1 unspecified atom stereocenters. The first-order valence-corrected chi connectivity index (χ1v) is 15.8. The van der Waals surface area contributed by atoms with Gasteiger partial charge in [-0.1, -0.05) is 49.2 Å². The molecule has 1 aliphatic rings. The molecule has 1 fully saturated rings. The number of likely N-dealkylation sites (N-methyl/N-ethyl adjacent to an activating group) is 1. The summed E-state index contributed by atoms with van der Waals surface area (Å²) < 4.78 is 31.4. The highest BCUT2D eigenvalue weighted by Crippen LogP contribution is 2.33. The lowest BCUT2D eigenvalue weighted by Gasteiger charge is -2.34. The number of nitrogens with two attached hydrogens (primary N) is 2. The van der Waals surface area contributed by atoms with Gasteiger partial charge in [0.2, 0.25) is 15.9 Å². The van der Waals surface area contributed by atoms with Gasteiger partial charge in [-0.2, -0.15) is 15.1 Å². The van der Waals surface area contributed by atoms with Gasteiger partial charge in [-0.05, 0) is 54.3 Å². The maximum atomic E-state index is 14.3. The lowest BCUT2D eigenvalue weighted by Crippen LogP contribution is -2.52. The third kappa shape index (κ3) is 5.99. The van der Waals surface area contributed by atoms with Crippen LogP contribution in [0.1, 0.15) is 53.9 Å². The third-order valence-corrected chi connectivity index (χ3v) is 10.1. The summed E-state index contributed by atoms with van der Waals surface area (Å²) in [4.78, 5) is 20.3. The van der Waals surface area contributed by atoms with Crippen molar-refractivity contribution in [1.29, 1.82) is 5.26 Å². The van der Waals surface area contributed by atoms with E-state index in [1.54, 1.807) is 72.1 Å². The topological polar surface area (TPSA) is 168 Å². The quantitative estimate of drug-likeness (QED) is 0.114. The molecule has 10 nitrogen and oxygen atoms in total. The molecule has 1 saturated carbocycles. The fraction of sp³-hybridized carbons (Fsp3) is 0.267. The van der Waals surface area contributed by atoms with E-state index in [0.29, 0.717) is 27.8 Å². The number of nitriles is 1. The zero-order chi connectivity index (χ0) is 29.9. The minimum atomic E-state index is -4.17. The molecular formula is C30H31N7O3S2. The highest BCUT2D eigenvalue weighted by Gasteiger charge is 2.38. The number of thiazole rings is 1. The first kappa shape index (κ1) is 29.2. The average Bonchev–Trinajstić information content (AvgIpc) is 3.73. The van der Waals surface area contributed by atoms with Crippen LogP contribution in [0.15, 0.2) is 82.2 Å². The molecule has 4 aromatic rings. The van der Waals surface area contributed by atoms with Crippen molar-refractivity contribution in [1.82, 2.24) is 14.6 Å². The summed E-state index contributed by atoms with van der Waals surface area (Å²) in [5.41, 5.74) is 10.5. The van der Waals surface area contributed by atoms with Gasteiger partial charge >= 0.3 is 0 Å². The normalized spacial score (nSPS) is 15.8. The van der Waals surface area contributed by atoms with Crippen molar-refractivity contribution in [3.8, 4) is 6.07 Å². The molecule has 1 amide bonds. The average molecular weight is 602 g/mol. The van der Waals surface area contributed by atoms with Gasteiger partial charge in [-0.25, -0.2) is 13.4 Å². The van der Waals surface area contributed by atoms with Crippen molar-refractivity contribution in [2.45, 2.75) is 48.6 Å². The number of carbonyl (C=O) groups is 1. The largest absolute Gasteiger partial charge is 0.382 e. The van der Waals surface area contributed by atoms with Crippen LogP contribution in [0.25, 0.3) is 10.2 Å². The van der Waals surface area contributed by atoms with Crippen molar-refractivity contribution in [3.63, 3.8) is 0 Å². The van der Waals surface area contributed by atoms with Gasteiger partial charge in [0.05, 0.1) is 32.3 Å². The van der Waals surface area contributed by atoms with Gasteiger partial charge in [-0.3, -0.25) is 4.79 Å². The Morgan fingerprint density at radius 3 is 2.36 bits per heavy atom. The van der Waals surface area contributed by atoms with Crippen LogP contribution in [0.5, 0.6) is 0 Å². The molecule has 0 aliphatic heterocycles. The van der Waals surface area contributed by atoms with E-state index in [-0.39, 0.29) is 22.7 Å². The molecule has 1 aromatic heterocycles. The smallest absolute Gasteiger partial charge is 0.241 e. The predicted molar refractivity (Wildman–Crippen MR) is 163 cm³/mol. The minimum Gasteiger partial charge on any atom is -0.382 e. The third-order valence-electron chi connectivity index (χ3n) is 7.82. The van der Waals surface area contributed by atoms with Crippen LogP contribution in [-0.2, 0) is 14.8 Å². The summed E-state index contributed by atoms with van der Waals surface area (Å²) in [7, 11) is -2.44. The fourth-order valence-electron chi connectivity index (χ4n) is 5.47. The van der Waals surface area contributed by atoms with E-state index < -0.39 is 22.0 Å². The van der Waals surface area contributed by atoms with Crippen molar-refractivity contribution in [3.05, 3.63) is 94.5 Å². The first-order valence-electron chi connectivity index (χ1n) is 13.5. The zero-order valence-electron chi connectivity index (χ0n) is 23.0. The summed E-state index contributed by atoms with van der Waals surface area (Å²) in [6.07, 6.45) is 3.74. The Hall–Kier alpha value is -4.31. The number of nitrogens with one attached hydrogen (secondary N) is 1. The van der Waals surface area contributed by atoms with Crippen LogP contribution in [0, 0.1) is 11.3 Å². The Kier molecular flexibility index (Phi) is 8.54. The second kappa shape index (κ2) is 12.3. The van der Waals surface area contributed by atoms with Crippen molar-refractivity contribution in [2.75, 3.05) is 7.05 Å². The van der Waals surface area contributed by atoms with Crippen molar-refractivity contribution >= 4 is 43.3 Å². The second-order valence-electron chi connectivity index (χ2n) is 10.3. The van der Waals surface area contributed by atoms with E-state index in [9.17, 15) is 18.5 Å². The number of amidine groups is 1. The number of amides is 1. The zero-order valence-corrected chi connectivity index (χ0v) is 24.6. The number of hydrogen-bond donors (Lipinski definition) is 3. The van der Waals surface area contributed by atoms with E-state index in [4.69, 9.17) is 11.6 Å². The number of fused-ring (bicyclic) bond motifs is 1. The summed E-state index contributed by atoms with van der Waals surface area (Å²) in [6.45, 7) is 0. The van der Waals surface area contributed by atoms with Crippen LogP contribution in [-0.4, -0.2) is 49.2 Å². The lowest BCUT2D eigenvalue weighted by atomic mass is 9.84. The molecule has 2 atom stereocenters. The number of carbonyl (C=O) groups excluding carboxylic acids is 1. The maximum absolute atomic E-state index is 14.3. The lowest BCUT2D eigenvalue weighted by molar-refractivity contribution is -0.134. The number of rotatable bonds is 9. The molecule has 0 radical (unpaired) electrons. The number of nitrogens with zero attached hydrogens (tertiary/aromatic N) is 4. The number of hydrogen-bond acceptors (Lipinski definition) is 8. The van der Waals surface area contributed by atoms with E-state index in [0.717, 1.165) is 30.4 Å². The molecule has 1 heterocycles. The molecular weight excluding hydrogens is 571 g/mol. The van der Waals surface area contributed by atoms with Crippen LogP contribution >= 0.6 is 11.3 Å². The van der Waals surface area contributed by atoms with Crippen molar-refractivity contribution < 1.29 is 13.2 Å². The van der Waals surface area contributed by atoms with Gasteiger partial charge in [0, 0.05) is 24.6 Å². The Balaban J connectivity index is 1.63. The summed E-state index contributed by atoms with van der Waals surface area (Å²) >= 11 is 1.42. The highest BCUT2D eigenvalue weighted by molar-refractivity contribution is 7.89. The summed E-state index contributed by atoms with van der Waals surface area (Å²) in [5.74, 6) is 4.42. The van der Waals surface area contributed by atoms with Gasteiger partial charge < -0.3 is 16.5 Å². The van der Waals surface area contributed by atoms with Crippen LogP contribution in [0.4, 0.5) is 0 Å². The molecule has 0 saturated heterocycles. The van der Waals surface area contributed by atoms with E-state index in [1.165, 1.54) is 23.5 Å². The van der Waals surface area contributed by atoms with E-state index in [2.05, 4.69) is 20.9 Å². The summed E-state index contributed by atoms with van der Waals surface area (Å²) in [6, 6.07) is 19.5. The Labute approximate surface area is 248 Å². The standard InChI is InChI=1S/C30H31N7O3S2/c1-37(23-4-2-3-5-23)30(38)28(36-42(39,40)24-14-15-26-25(16-24)34-18-41-26)27(20-8-6-19(17-31)7-9-20)21-10-12-22(13-11-21)29(32)35-33/h6-16,18,23,27-28,36H,2-5,33H2,1H3,(H2,32,35)/t27?,28-/m0/s1. The van der Waals surface area contributed by atoms with Crippen LogP contribution < -0.4 is 16.3 Å². The molecule has 3 aromatic carbocycles. The maximum Gasteiger partial charge on any atom is 0.241 e. The van der Waals surface area contributed by atoms with E-state index >= 15 is 0 Å². The van der Waals surface area contributed by atoms with Crippen LogP contribution in [0.3, 0.4) is 0 Å².